The highest BCUT2D eigenvalue weighted by Gasteiger charge is 2.26. The minimum Gasteiger partial charge on any atom is -0.351 e. The molecule has 19 heavy (non-hydrogen) atoms. The summed E-state index contributed by atoms with van der Waals surface area (Å²) in [7, 11) is 1.94. The number of hydrogen-bond donors (Lipinski definition) is 1. The number of nitrogens with zero attached hydrogens (tertiary/aromatic N) is 3. The Morgan fingerprint density at radius 1 is 1.58 bits per heavy atom. The molecule has 1 fully saturated rings. The molecule has 104 valence electrons. The Labute approximate surface area is 113 Å². The minimum atomic E-state index is -0.344. The van der Waals surface area contributed by atoms with Crippen molar-refractivity contribution in [2.45, 2.75) is 19.8 Å². The standard InChI is InChI=1S/C13H20N4O2/c1-10-5-6-12(17(18)19)13(15-10)16-7-3-4-11(9-16)8-14-2/h5-6,11,14H,3-4,7-9H2,1-2H3. The number of nitro groups is 1. The fraction of sp³-hybridized carbons (Fsp3) is 0.615. The largest absolute Gasteiger partial charge is 0.351 e. The summed E-state index contributed by atoms with van der Waals surface area (Å²) in [5, 5.41) is 14.3. The summed E-state index contributed by atoms with van der Waals surface area (Å²) in [4.78, 5) is 17.2. The Bertz CT molecular complexity index is 462. The molecule has 6 nitrogen and oxygen atoms in total. The molecular formula is C13H20N4O2. The summed E-state index contributed by atoms with van der Waals surface area (Å²) < 4.78 is 0. The Morgan fingerprint density at radius 2 is 2.37 bits per heavy atom. The third-order valence-corrected chi connectivity index (χ3v) is 3.50. The number of nitrogens with one attached hydrogen (secondary N) is 1. The normalized spacial score (nSPS) is 19.5. The molecule has 0 aromatic carbocycles. The van der Waals surface area contributed by atoms with Crippen LogP contribution in [0.1, 0.15) is 18.5 Å². The lowest BCUT2D eigenvalue weighted by Gasteiger charge is -2.33. The Kier molecular flexibility index (Phi) is 4.31. The summed E-state index contributed by atoms with van der Waals surface area (Å²) in [6.07, 6.45) is 2.22. The molecule has 0 saturated carbocycles. The summed E-state index contributed by atoms with van der Waals surface area (Å²) in [6.45, 7) is 4.48. The predicted molar refractivity (Wildman–Crippen MR) is 74.5 cm³/mol. The lowest BCUT2D eigenvalue weighted by atomic mass is 9.98. The van der Waals surface area contributed by atoms with Crippen LogP contribution in [0.4, 0.5) is 11.5 Å². The zero-order valence-corrected chi connectivity index (χ0v) is 11.4. The number of pyridine rings is 1. The van der Waals surface area contributed by atoms with E-state index in [-0.39, 0.29) is 10.6 Å². The van der Waals surface area contributed by atoms with Crippen LogP contribution in [0.2, 0.25) is 0 Å². The second-order valence-corrected chi connectivity index (χ2v) is 5.06. The van der Waals surface area contributed by atoms with Gasteiger partial charge in [0.05, 0.1) is 4.92 Å². The highest BCUT2D eigenvalue weighted by molar-refractivity contribution is 5.58. The highest BCUT2D eigenvalue weighted by Crippen LogP contribution is 2.29. The molecule has 6 heteroatoms. The number of piperidine rings is 1. The Morgan fingerprint density at radius 3 is 3.05 bits per heavy atom. The van der Waals surface area contributed by atoms with Crippen molar-refractivity contribution < 1.29 is 4.92 Å². The molecule has 0 aliphatic carbocycles. The van der Waals surface area contributed by atoms with E-state index in [1.165, 1.54) is 0 Å². The fourth-order valence-corrected chi connectivity index (χ4v) is 2.62. The van der Waals surface area contributed by atoms with Crippen LogP contribution in [0.25, 0.3) is 0 Å². The van der Waals surface area contributed by atoms with Gasteiger partial charge in [-0.25, -0.2) is 4.98 Å². The molecule has 1 aliphatic rings. The van der Waals surface area contributed by atoms with Crippen molar-refractivity contribution in [2.75, 3.05) is 31.6 Å². The molecule has 1 aromatic rings. The second kappa shape index (κ2) is 5.97. The molecule has 2 heterocycles. The van der Waals surface area contributed by atoms with Crippen LogP contribution in [-0.2, 0) is 0 Å². The van der Waals surface area contributed by atoms with Gasteiger partial charge in [0.25, 0.3) is 0 Å². The molecule has 0 radical (unpaired) electrons. The van der Waals surface area contributed by atoms with E-state index in [0.29, 0.717) is 11.7 Å². The molecular weight excluding hydrogens is 244 g/mol. The van der Waals surface area contributed by atoms with Crippen LogP contribution in [0, 0.1) is 23.0 Å². The van der Waals surface area contributed by atoms with Crippen molar-refractivity contribution in [1.29, 1.82) is 0 Å². The fourth-order valence-electron chi connectivity index (χ4n) is 2.62. The SMILES string of the molecule is CNCC1CCCN(c2nc(C)ccc2[N+](=O)[O-])C1. The van der Waals surface area contributed by atoms with Crippen molar-refractivity contribution in [3.8, 4) is 0 Å². The van der Waals surface area contributed by atoms with E-state index in [1.807, 2.05) is 14.0 Å². The smallest absolute Gasteiger partial charge is 0.311 e. The van der Waals surface area contributed by atoms with Crippen molar-refractivity contribution >= 4 is 11.5 Å². The molecule has 1 aromatic heterocycles. The van der Waals surface area contributed by atoms with E-state index >= 15 is 0 Å². The first-order chi connectivity index (χ1) is 9.11. The maximum atomic E-state index is 11.1. The third kappa shape index (κ3) is 3.20. The Balaban J connectivity index is 2.24. The van der Waals surface area contributed by atoms with Gasteiger partial charge in [0, 0.05) is 24.8 Å². The van der Waals surface area contributed by atoms with Gasteiger partial charge in [0.15, 0.2) is 0 Å². The van der Waals surface area contributed by atoms with E-state index in [2.05, 4.69) is 15.2 Å². The van der Waals surface area contributed by atoms with Gasteiger partial charge in [-0.2, -0.15) is 0 Å². The molecule has 2 rings (SSSR count). The lowest BCUT2D eigenvalue weighted by molar-refractivity contribution is -0.384. The topological polar surface area (TPSA) is 71.3 Å². The molecule has 1 unspecified atom stereocenters. The highest BCUT2D eigenvalue weighted by atomic mass is 16.6. The third-order valence-electron chi connectivity index (χ3n) is 3.50. The number of aryl methyl sites for hydroxylation is 1. The number of aromatic nitrogens is 1. The number of anilines is 1. The molecule has 1 saturated heterocycles. The first kappa shape index (κ1) is 13.7. The van der Waals surface area contributed by atoms with Crippen molar-refractivity contribution in [1.82, 2.24) is 10.3 Å². The number of hydrogen-bond acceptors (Lipinski definition) is 5. The maximum absolute atomic E-state index is 11.1. The lowest BCUT2D eigenvalue weighted by Crippen LogP contribution is -2.39. The van der Waals surface area contributed by atoms with Crippen LogP contribution in [0.5, 0.6) is 0 Å². The van der Waals surface area contributed by atoms with E-state index in [4.69, 9.17) is 0 Å². The molecule has 0 spiro atoms. The average Bonchev–Trinajstić information content (AvgIpc) is 2.39. The Hall–Kier alpha value is -1.69. The summed E-state index contributed by atoms with van der Waals surface area (Å²) in [5.74, 6) is 1.05. The van der Waals surface area contributed by atoms with Crippen LogP contribution < -0.4 is 10.2 Å². The number of rotatable bonds is 4. The van der Waals surface area contributed by atoms with Gasteiger partial charge in [-0.05, 0) is 45.3 Å². The van der Waals surface area contributed by atoms with Gasteiger partial charge >= 0.3 is 5.69 Å². The quantitative estimate of drug-likeness (QED) is 0.662. The van der Waals surface area contributed by atoms with E-state index in [9.17, 15) is 10.1 Å². The monoisotopic (exact) mass is 264 g/mol. The van der Waals surface area contributed by atoms with Gasteiger partial charge in [-0.1, -0.05) is 0 Å². The zero-order valence-electron chi connectivity index (χ0n) is 11.4. The van der Waals surface area contributed by atoms with Crippen LogP contribution >= 0.6 is 0 Å². The first-order valence-corrected chi connectivity index (χ1v) is 6.63. The van der Waals surface area contributed by atoms with E-state index in [0.717, 1.165) is 38.2 Å². The summed E-state index contributed by atoms with van der Waals surface area (Å²) >= 11 is 0. The zero-order chi connectivity index (χ0) is 13.8. The van der Waals surface area contributed by atoms with Gasteiger partial charge in [0.1, 0.15) is 0 Å². The molecule has 0 amide bonds. The minimum absolute atomic E-state index is 0.107. The summed E-state index contributed by atoms with van der Waals surface area (Å²) in [6, 6.07) is 3.25. The maximum Gasteiger partial charge on any atom is 0.311 e. The van der Waals surface area contributed by atoms with Crippen LogP contribution in [-0.4, -0.2) is 36.6 Å². The predicted octanol–water partition coefficient (Wildman–Crippen LogP) is 1.73. The van der Waals surface area contributed by atoms with Crippen molar-refractivity contribution in [2.24, 2.45) is 5.92 Å². The van der Waals surface area contributed by atoms with Crippen molar-refractivity contribution in [3.05, 3.63) is 27.9 Å². The average molecular weight is 264 g/mol. The molecule has 1 aliphatic heterocycles. The van der Waals surface area contributed by atoms with Crippen LogP contribution in [0.3, 0.4) is 0 Å². The summed E-state index contributed by atoms with van der Waals surface area (Å²) in [5.41, 5.74) is 0.923. The molecule has 1 N–H and O–H groups in total. The first-order valence-electron chi connectivity index (χ1n) is 6.63. The van der Waals surface area contributed by atoms with Crippen molar-refractivity contribution in [3.63, 3.8) is 0 Å². The van der Waals surface area contributed by atoms with Crippen LogP contribution in [0.15, 0.2) is 12.1 Å². The van der Waals surface area contributed by atoms with Gasteiger partial charge < -0.3 is 10.2 Å². The van der Waals surface area contributed by atoms with E-state index in [1.54, 1.807) is 12.1 Å². The molecule has 1 atom stereocenters. The van der Waals surface area contributed by atoms with E-state index < -0.39 is 0 Å². The van der Waals surface area contributed by atoms with Gasteiger partial charge in [-0.3, -0.25) is 10.1 Å². The van der Waals surface area contributed by atoms with Gasteiger partial charge in [0.2, 0.25) is 5.82 Å². The molecule has 0 bridgehead atoms. The second-order valence-electron chi connectivity index (χ2n) is 5.06. The van der Waals surface area contributed by atoms with Gasteiger partial charge in [-0.15, -0.1) is 0 Å².